The number of rotatable bonds is 14. The zero-order chi connectivity index (χ0) is 46.7. The summed E-state index contributed by atoms with van der Waals surface area (Å²) in [5, 5.41) is 13.7. The van der Waals surface area contributed by atoms with Crippen molar-refractivity contribution in [1.29, 1.82) is 0 Å². The first-order valence-corrected chi connectivity index (χ1v) is 24.1. The van der Waals surface area contributed by atoms with Crippen molar-refractivity contribution >= 4 is 55.5 Å². The second-order valence-corrected chi connectivity index (χ2v) is 19.9. The second kappa shape index (κ2) is 19.5. The maximum Gasteiger partial charge on any atom is 0.312 e. The number of nitrogens with one attached hydrogen (secondary N) is 2. The Balaban J connectivity index is 0.988. The summed E-state index contributed by atoms with van der Waals surface area (Å²) in [6.07, 6.45) is 6.11. The molecule has 17 heteroatoms. The average molecular weight is 948 g/mol. The molecule has 2 saturated heterocycles. The van der Waals surface area contributed by atoms with E-state index in [2.05, 4.69) is 50.5 Å². The van der Waals surface area contributed by atoms with E-state index in [1.54, 1.807) is 24.5 Å². The number of halogens is 1. The number of carbonyl (C=O) groups is 1. The van der Waals surface area contributed by atoms with E-state index in [0.29, 0.717) is 41.5 Å². The maximum absolute atomic E-state index is 14.3. The number of nitro groups is 1. The summed E-state index contributed by atoms with van der Waals surface area (Å²) in [4.78, 5) is 37.5. The zero-order valence-corrected chi connectivity index (χ0v) is 38.8. The minimum atomic E-state index is -4.64. The molecule has 1 atom stereocenters. The fourth-order valence-electron chi connectivity index (χ4n) is 8.91. The number of carbonyl (C=O) groups excluding carboxylic acids is 1. The van der Waals surface area contributed by atoms with Gasteiger partial charge in [-0.2, -0.15) is 0 Å². The quantitative estimate of drug-likeness (QED) is 0.0782. The number of pyridine rings is 1. The van der Waals surface area contributed by atoms with Crippen LogP contribution in [0.4, 0.5) is 11.4 Å². The number of benzene rings is 4. The van der Waals surface area contributed by atoms with Crippen LogP contribution in [0.3, 0.4) is 0 Å². The number of H-pyrrole nitrogens is 1. The molecule has 15 nitrogen and oxygen atoms in total. The number of amides is 1. The third-order valence-corrected chi connectivity index (χ3v) is 14.1. The summed E-state index contributed by atoms with van der Waals surface area (Å²) in [7, 11) is -4.64. The van der Waals surface area contributed by atoms with Crippen LogP contribution < -0.4 is 19.1 Å². The lowest BCUT2D eigenvalue weighted by atomic mass is 9.72. The molecular weight excluding hydrogens is 896 g/mol. The van der Waals surface area contributed by atoms with Crippen LogP contribution >= 0.6 is 11.6 Å². The Morgan fingerprint density at radius 2 is 1.78 bits per heavy atom. The number of sulfonamides is 1. The molecule has 1 unspecified atom stereocenters. The topological polar surface area (TPSA) is 178 Å². The number of nitro benzene ring substituents is 1. The highest BCUT2D eigenvalue weighted by Gasteiger charge is 2.31. The van der Waals surface area contributed by atoms with Crippen molar-refractivity contribution < 1.29 is 37.1 Å². The van der Waals surface area contributed by atoms with Gasteiger partial charge in [0.15, 0.2) is 5.75 Å². The van der Waals surface area contributed by atoms with Crippen molar-refractivity contribution in [3.63, 3.8) is 0 Å². The Labute approximate surface area is 393 Å². The Kier molecular flexibility index (Phi) is 13.3. The van der Waals surface area contributed by atoms with Crippen LogP contribution in [0.5, 0.6) is 17.2 Å². The van der Waals surface area contributed by atoms with Gasteiger partial charge in [-0.1, -0.05) is 61.4 Å². The zero-order valence-electron chi connectivity index (χ0n) is 37.2. The van der Waals surface area contributed by atoms with Gasteiger partial charge < -0.3 is 28.8 Å². The first-order valence-electron chi connectivity index (χ1n) is 22.2. The van der Waals surface area contributed by atoms with E-state index >= 15 is 0 Å². The van der Waals surface area contributed by atoms with E-state index in [0.717, 1.165) is 80.2 Å². The molecule has 9 rings (SSSR count). The van der Waals surface area contributed by atoms with Gasteiger partial charge >= 0.3 is 5.69 Å². The maximum atomic E-state index is 14.3. The van der Waals surface area contributed by atoms with Crippen molar-refractivity contribution in [1.82, 2.24) is 19.6 Å². The highest BCUT2D eigenvalue weighted by molar-refractivity contribution is 7.90. The molecule has 3 aliphatic rings. The summed E-state index contributed by atoms with van der Waals surface area (Å²) in [6, 6.07) is 27.6. The van der Waals surface area contributed by atoms with Gasteiger partial charge in [0.05, 0.1) is 35.8 Å². The number of hydrogen-bond donors (Lipinski definition) is 2. The minimum absolute atomic E-state index is 0.0383. The molecule has 0 radical (unpaired) electrons. The third kappa shape index (κ3) is 10.6. The first-order chi connectivity index (χ1) is 32.3. The van der Waals surface area contributed by atoms with Crippen LogP contribution in [0.2, 0.25) is 5.02 Å². The molecule has 0 spiro atoms. The molecular formula is C50H51ClN6O9S. The van der Waals surface area contributed by atoms with Crippen LogP contribution in [0.15, 0.2) is 120 Å². The fourth-order valence-corrected chi connectivity index (χ4v) is 10.0. The van der Waals surface area contributed by atoms with Crippen molar-refractivity contribution in [2.45, 2.75) is 44.1 Å². The lowest BCUT2D eigenvalue weighted by Gasteiger charge is -2.39. The Bertz CT molecular complexity index is 2940. The normalized spacial score (nSPS) is 17.9. The Hall–Kier alpha value is -6.30. The molecule has 2 fully saturated rings. The van der Waals surface area contributed by atoms with Crippen molar-refractivity contribution in [2.75, 3.05) is 64.1 Å². The summed E-state index contributed by atoms with van der Waals surface area (Å²) in [5.74, 6) is -0.211. The van der Waals surface area contributed by atoms with Crippen LogP contribution in [0, 0.1) is 15.5 Å². The number of nitrogens with zero attached hydrogens (tertiary/aromatic N) is 4. The van der Waals surface area contributed by atoms with E-state index in [1.807, 2.05) is 54.6 Å². The Morgan fingerprint density at radius 1 is 0.970 bits per heavy atom. The van der Waals surface area contributed by atoms with Crippen LogP contribution in [0.1, 0.15) is 49.0 Å². The number of allylic oxidation sites excluding steroid dienone is 1. The van der Waals surface area contributed by atoms with Gasteiger partial charge in [-0.15, -0.1) is 0 Å². The SMILES string of the molecule is CC1(C)CCC(CN2CCN(c3ccc(C(=O)NS(=O)(=O)c4ccc(OCC5COCCO5)c([N+](=O)[O-])c4)c(-c4ccccc4Oc4cnc5[nH]ccc5c4)c3)CC2)=C(c2ccc(Cl)cc2)C1. The van der Waals surface area contributed by atoms with Crippen molar-refractivity contribution in [2.24, 2.45) is 5.41 Å². The molecule has 348 valence electrons. The van der Waals surface area contributed by atoms with Gasteiger partial charge in [0.1, 0.15) is 29.9 Å². The standard InChI is InChI=1S/C50H51ClN6O9S/c1-50(2)17-15-35(44(28-50)33-7-9-36(51)10-8-33)30-55-19-21-56(22-20-55)37-11-13-42(43(26-37)41-5-3-4-6-46(41)66-38-25-34-16-18-52-48(34)53-29-38)49(58)54-67(61,62)40-12-14-47(45(27-40)57(59)60)65-32-39-31-63-23-24-64-39/h3-14,16,18,25-27,29,39H,15,17,19-24,28,30-32H2,1-2H3,(H,52,53)(H,54,58). The number of fused-ring (bicyclic) bond motifs is 1. The predicted molar refractivity (Wildman–Crippen MR) is 257 cm³/mol. The lowest BCUT2D eigenvalue weighted by Crippen LogP contribution is -2.47. The monoisotopic (exact) mass is 946 g/mol. The van der Waals surface area contributed by atoms with Gasteiger partial charge in [-0.3, -0.25) is 19.8 Å². The molecule has 2 N–H and O–H groups in total. The van der Waals surface area contributed by atoms with E-state index in [-0.39, 0.29) is 29.9 Å². The number of aromatic amines is 1. The van der Waals surface area contributed by atoms with E-state index in [9.17, 15) is 23.3 Å². The number of aromatic nitrogens is 2. The predicted octanol–water partition coefficient (Wildman–Crippen LogP) is 9.28. The molecule has 1 amide bonds. The molecule has 6 aromatic rings. The lowest BCUT2D eigenvalue weighted by molar-refractivity contribution is -0.386. The highest BCUT2D eigenvalue weighted by atomic mass is 35.5. The average Bonchev–Trinajstić information content (AvgIpc) is 3.80. The van der Waals surface area contributed by atoms with Crippen molar-refractivity contribution in [3.8, 4) is 28.4 Å². The summed E-state index contributed by atoms with van der Waals surface area (Å²) >= 11 is 6.27. The largest absolute Gasteiger partial charge is 0.484 e. The smallest absolute Gasteiger partial charge is 0.312 e. The van der Waals surface area contributed by atoms with Gasteiger partial charge in [0.2, 0.25) is 0 Å². The van der Waals surface area contributed by atoms with Gasteiger partial charge in [-0.25, -0.2) is 18.1 Å². The molecule has 0 bridgehead atoms. The summed E-state index contributed by atoms with van der Waals surface area (Å²) in [6.45, 7) is 9.61. The summed E-state index contributed by atoms with van der Waals surface area (Å²) in [5.41, 5.74) is 6.26. The number of para-hydroxylation sites is 1. The highest BCUT2D eigenvalue weighted by Crippen LogP contribution is 2.44. The van der Waals surface area contributed by atoms with Crippen molar-refractivity contribution in [3.05, 3.63) is 141 Å². The molecule has 2 aliphatic heterocycles. The number of anilines is 1. The van der Waals surface area contributed by atoms with Gasteiger partial charge in [-0.05, 0) is 96.5 Å². The molecule has 4 aromatic carbocycles. The van der Waals surface area contributed by atoms with Gasteiger partial charge in [0.25, 0.3) is 15.9 Å². The minimum Gasteiger partial charge on any atom is -0.484 e. The molecule has 4 heterocycles. The summed E-state index contributed by atoms with van der Waals surface area (Å²) < 4.78 is 53.0. The third-order valence-electron chi connectivity index (χ3n) is 12.5. The van der Waals surface area contributed by atoms with E-state index in [1.165, 1.54) is 22.8 Å². The molecule has 2 aromatic heterocycles. The van der Waals surface area contributed by atoms with Crippen LogP contribution in [-0.2, 0) is 19.5 Å². The molecule has 1 aliphatic carbocycles. The second-order valence-electron chi connectivity index (χ2n) is 17.8. The van der Waals surface area contributed by atoms with E-state index < -0.39 is 37.5 Å². The molecule has 67 heavy (non-hydrogen) atoms. The fraction of sp³-hybridized carbons (Fsp3) is 0.320. The number of ether oxygens (including phenoxy) is 4. The van der Waals surface area contributed by atoms with E-state index in [4.69, 9.17) is 30.5 Å². The van der Waals surface area contributed by atoms with Crippen LogP contribution in [-0.4, -0.2) is 99.4 Å². The number of hydrogen-bond acceptors (Lipinski definition) is 12. The first kappa shape index (κ1) is 45.8. The Morgan fingerprint density at radius 3 is 2.55 bits per heavy atom. The molecule has 0 saturated carbocycles. The number of piperazine rings is 1. The van der Waals surface area contributed by atoms with Gasteiger partial charge in [0, 0.05) is 77.8 Å². The van der Waals surface area contributed by atoms with Crippen LogP contribution in [0.25, 0.3) is 27.7 Å².